The topological polar surface area (TPSA) is 129 Å². The molecule has 0 unspecified atom stereocenters. The van der Waals surface area contributed by atoms with Crippen molar-refractivity contribution in [2.75, 3.05) is 5.73 Å². The Morgan fingerprint density at radius 1 is 1.00 bits per heavy atom. The second kappa shape index (κ2) is 8.65. The van der Waals surface area contributed by atoms with Crippen LogP contribution in [-0.2, 0) is 12.7 Å². The molecule has 0 fully saturated rings. The van der Waals surface area contributed by atoms with E-state index in [4.69, 9.17) is 5.73 Å². The number of nitrogens with zero attached hydrogens (tertiary/aromatic N) is 7. The van der Waals surface area contributed by atoms with Crippen LogP contribution in [0.2, 0.25) is 0 Å². The largest absolute Gasteiger partial charge is 0.508 e. The van der Waals surface area contributed by atoms with Gasteiger partial charge < -0.3 is 10.8 Å². The highest BCUT2D eigenvalue weighted by Gasteiger charge is 2.36. The molecular formula is C25H16F4N8O2. The van der Waals surface area contributed by atoms with E-state index in [0.29, 0.717) is 0 Å². The van der Waals surface area contributed by atoms with E-state index in [9.17, 15) is 27.5 Å². The summed E-state index contributed by atoms with van der Waals surface area (Å²) in [5.74, 6) is -1.02. The standard InChI is InChI=1S/C25H16F4N8O2/c26-14-8-13(9-16(38)10-14)20-19-22(30)31-12-32-23(19)36(34-20)11-18-33-35-7-6-17(25(27,28)29)21(35)24(39)37(18)15-4-2-1-3-5-15/h1-10,12,38H,11H2,(H2,30,31,32). The van der Waals surface area contributed by atoms with Crippen molar-refractivity contribution >= 4 is 22.4 Å². The Morgan fingerprint density at radius 2 is 1.77 bits per heavy atom. The van der Waals surface area contributed by atoms with Crippen LogP contribution in [0.1, 0.15) is 11.4 Å². The molecule has 0 bridgehead atoms. The summed E-state index contributed by atoms with van der Waals surface area (Å²) in [4.78, 5) is 21.8. The molecule has 0 atom stereocenters. The van der Waals surface area contributed by atoms with E-state index in [2.05, 4.69) is 20.2 Å². The van der Waals surface area contributed by atoms with Gasteiger partial charge in [0.05, 0.1) is 16.6 Å². The van der Waals surface area contributed by atoms with Crippen molar-refractivity contribution < 1.29 is 22.7 Å². The number of para-hydroxylation sites is 1. The lowest BCUT2D eigenvalue weighted by Gasteiger charge is -2.14. The number of hydrogen-bond donors (Lipinski definition) is 2. The Morgan fingerprint density at radius 3 is 2.49 bits per heavy atom. The van der Waals surface area contributed by atoms with E-state index in [0.717, 1.165) is 33.5 Å². The van der Waals surface area contributed by atoms with Gasteiger partial charge in [0.25, 0.3) is 5.56 Å². The van der Waals surface area contributed by atoms with Crippen LogP contribution in [0.25, 0.3) is 33.5 Å². The molecule has 4 heterocycles. The first-order valence-corrected chi connectivity index (χ1v) is 11.3. The van der Waals surface area contributed by atoms with E-state index in [1.54, 1.807) is 30.3 Å². The van der Waals surface area contributed by atoms with Crippen LogP contribution < -0.4 is 11.3 Å². The van der Waals surface area contributed by atoms with Crippen molar-refractivity contribution in [3.8, 4) is 22.7 Å². The molecule has 10 nitrogen and oxygen atoms in total. The van der Waals surface area contributed by atoms with Crippen LogP contribution in [0, 0.1) is 5.82 Å². The van der Waals surface area contributed by atoms with Crippen LogP contribution in [0.5, 0.6) is 5.75 Å². The van der Waals surface area contributed by atoms with Crippen LogP contribution in [0.4, 0.5) is 23.4 Å². The number of benzene rings is 2. The highest BCUT2D eigenvalue weighted by atomic mass is 19.4. The quantitative estimate of drug-likeness (QED) is 0.328. The van der Waals surface area contributed by atoms with Gasteiger partial charge in [-0.2, -0.15) is 23.4 Å². The maximum atomic E-state index is 14.1. The molecule has 0 amide bonds. The number of phenolic OH excluding ortho intramolecular Hbond substituents is 1. The number of nitrogen functional groups attached to an aromatic ring is 1. The van der Waals surface area contributed by atoms with E-state index >= 15 is 0 Å². The van der Waals surface area contributed by atoms with Crippen molar-refractivity contribution in [3.05, 3.63) is 94.7 Å². The first kappa shape index (κ1) is 24.1. The molecule has 0 aliphatic carbocycles. The second-order valence-corrected chi connectivity index (χ2v) is 8.57. The monoisotopic (exact) mass is 536 g/mol. The summed E-state index contributed by atoms with van der Waals surface area (Å²) in [7, 11) is 0. The van der Waals surface area contributed by atoms with E-state index < -0.39 is 28.6 Å². The highest BCUT2D eigenvalue weighted by Crippen LogP contribution is 2.34. The Labute approximate surface area is 215 Å². The number of nitrogens with two attached hydrogens (primary N) is 1. The molecule has 4 aromatic heterocycles. The Kier molecular flexibility index (Phi) is 5.34. The summed E-state index contributed by atoms with van der Waals surface area (Å²) >= 11 is 0. The van der Waals surface area contributed by atoms with Gasteiger partial charge in [-0.3, -0.25) is 9.36 Å². The molecule has 0 saturated heterocycles. The van der Waals surface area contributed by atoms with Crippen LogP contribution in [-0.4, -0.2) is 39.0 Å². The van der Waals surface area contributed by atoms with Crippen molar-refractivity contribution in [2.24, 2.45) is 0 Å². The summed E-state index contributed by atoms with van der Waals surface area (Å²) < 4.78 is 58.4. The van der Waals surface area contributed by atoms with E-state index in [-0.39, 0.29) is 51.9 Å². The fourth-order valence-corrected chi connectivity index (χ4v) is 4.47. The van der Waals surface area contributed by atoms with Gasteiger partial charge in [-0.1, -0.05) is 18.2 Å². The molecule has 14 heteroatoms. The number of anilines is 1. The average Bonchev–Trinajstić information content (AvgIpc) is 3.47. The lowest BCUT2D eigenvalue weighted by atomic mass is 10.1. The lowest BCUT2D eigenvalue weighted by Crippen LogP contribution is -2.29. The number of aromatic hydroxyl groups is 1. The fourth-order valence-electron chi connectivity index (χ4n) is 4.47. The first-order valence-electron chi connectivity index (χ1n) is 11.3. The van der Waals surface area contributed by atoms with Crippen molar-refractivity contribution in [2.45, 2.75) is 12.7 Å². The van der Waals surface area contributed by atoms with Gasteiger partial charge >= 0.3 is 6.18 Å². The molecule has 196 valence electrons. The van der Waals surface area contributed by atoms with E-state index in [1.807, 2.05) is 0 Å². The SMILES string of the molecule is Nc1ncnc2c1c(-c1cc(O)cc(F)c1)nn2Cc1nn2ccc(C(F)(F)F)c2c(=O)n1-c1ccccc1. The summed E-state index contributed by atoms with van der Waals surface area (Å²) in [5.41, 5.74) is 4.21. The molecular weight excluding hydrogens is 520 g/mol. The van der Waals surface area contributed by atoms with Gasteiger partial charge in [0.1, 0.15) is 41.5 Å². The van der Waals surface area contributed by atoms with Crippen molar-refractivity contribution in [1.82, 2.24) is 33.9 Å². The number of phenols is 1. The molecule has 0 saturated carbocycles. The fraction of sp³-hybridized carbons (Fsp3) is 0.0800. The zero-order valence-electron chi connectivity index (χ0n) is 19.6. The third kappa shape index (κ3) is 4.02. The van der Waals surface area contributed by atoms with Crippen LogP contribution in [0.3, 0.4) is 0 Å². The van der Waals surface area contributed by atoms with Gasteiger partial charge in [0, 0.05) is 17.8 Å². The number of alkyl halides is 3. The number of halogens is 4. The van der Waals surface area contributed by atoms with Crippen molar-refractivity contribution in [3.63, 3.8) is 0 Å². The van der Waals surface area contributed by atoms with Gasteiger partial charge in [-0.15, -0.1) is 0 Å². The van der Waals surface area contributed by atoms with Gasteiger partial charge in [-0.25, -0.2) is 23.6 Å². The minimum Gasteiger partial charge on any atom is -0.508 e. The molecule has 0 aliphatic heterocycles. The predicted molar refractivity (Wildman–Crippen MR) is 132 cm³/mol. The minimum atomic E-state index is -4.77. The molecule has 39 heavy (non-hydrogen) atoms. The number of aromatic nitrogens is 7. The van der Waals surface area contributed by atoms with Gasteiger partial charge in [0.2, 0.25) is 0 Å². The van der Waals surface area contributed by atoms with Gasteiger partial charge in [0.15, 0.2) is 11.5 Å². The predicted octanol–water partition coefficient (Wildman–Crippen LogP) is 3.79. The molecule has 2 aromatic carbocycles. The zero-order chi connectivity index (χ0) is 27.5. The smallest absolute Gasteiger partial charge is 0.418 e. The summed E-state index contributed by atoms with van der Waals surface area (Å²) in [6.07, 6.45) is -2.53. The molecule has 0 spiro atoms. The summed E-state index contributed by atoms with van der Waals surface area (Å²) in [6, 6.07) is 12.2. The normalized spacial score (nSPS) is 12.0. The molecule has 3 N–H and O–H groups in total. The molecule has 0 radical (unpaired) electrons. The second-order valence-electron chi connectivity index (χ2n) is 8.57. The zero-order valence-corrected chi connectivity index (χ0v) is 19.6. The van der Waals surface area contributed by atoms with Crippen LogP contribution >= 0.6 is 0 Å². The maximum absolute atomic E-state index is 14.1. The Balaban J connectivity index is 1.61. The Hall–Kier alpha value is -5.27. The first-order chi connectivity index (χ1) is 18.6. The van der Waals surface area contributed by atoms with Crippen molar-refractivity contribution in [1.29, 1.82) is 0 Å². The molecule has 6 rings (SSSR count). The van der Waals surface area contributed by atoms with Crippen LogP contribution in [0.15, 0.2) is 71.9 Å². The summed E-state index contributed by atoms with van der Waals surface area (Å²) in [6.45, 7) is -0.242. The van der Waals surface area contributed by atoms with Gasteiger partial charge in [-0.05, 0) is 30.3 Å². The lowest BCUT2D eigenvalue weighted by molar-refractivity contribution is -0.136. The molecule has 0 aliphatic rings. The van der Waals surface area contributed by atoms with E-state index in [1.165, 1.54) is 17.1 Å². The summed E-state index contributed by atoms with van der Waals surface area (Å²) in [5, 5.41) is 19.0. The minimum absolute atomic E-state index is 0.0223. The average molecular weight is 536 g/mol. The third-order valence-corrected chi connectivity index (χ3v) is 6.08. The number of fused-ring (bicyclic) bond motifs is 2. The maximum Gasteiger partial charge on any atom is 0.418 e. The third-order valence-electron chi connectivity index (χ3n) is 6.08. The number of hydrogen-bond acceptors (Lipinski definition) is 7. The number of rotatable bonds is 4. The highest BCUT2D eigenvalue weighted by molar-refractivity contribution is 5.98. The Bertz CT molecular complexity index is 1920. The molecule has 6 aromatic rings.